The summed E-state index contributed by atoms with van der Waals surface area (Å²) in [5.74, 6) is 0.245. The predicted octanol–water partition coefficient (Wildman–Crippen LogP) is 2.96. The van der Waals surface area contributed by atoms with Gasteiger partial charge in [0.05, 0.1) is 5.69 Å². The van der Waals surface area contributed by atoms with Crippen molar-refractivity contribution >= 4 is 23.3 Å². The molecule has 0 aliphatic heterocycles. The lowest BCUT2D eigenvalue weighted by Crippen LogP contribution is -2.09. The Kier molecular flexibility index (Phi) is 3.48. The van der Waals surface area contributed by atoms with Gasteiger partial charge in [-0.25, -0.2) is 4.68 Å². The Balaban J connectivity index is 2.30. The molecule has 0 atom stereocenters. The molecule has 1 aromatic heterocycles. The van der Waals surface area contributed by atoms with E-state index in [1.807, 2.05) is 25.3 Å². The van der Waals surface area contributed by atoms with Crippen LogP contribution in [0.5, 0.6) is 0 Å². The molecule has 0 bridgehead atoms. The minimum atomic E-state index is -0.278. The van der Waals surface area contributed by atoms with E-state index in [4.69, 9.17) is 11.6 Å². The molecule has 0 fully saturated rings. The Labute approximate surface area is 110 Å². The molecule has 0 aliphatic rings. The van der Waals surface area contributed by atoms with Gasteiger partial charge in [-0.3, -0.25) is 4.79 Å². The van der Waals surface area contributed by atoms with Crippen molar-refractivity contribution in [3.63, 3.8) is 0 Å². The average Bonchev–Trinajstić information content (AvgIpc) is 2.71. The summed E-state index contributed by atoms with van der Waals surface area (Å²) < 4.78 is 1.68. The van der Waals surface area contributed by atoms with Crippen molar-refractivity contribution in [3.8, 4) is 5.69 Å². The summed E-state index contributed by atoms with van der Waals surface area (Å²) in [7, 11) is 0. The van der Waals surface area contributed by atoms with Crippen molar-refractivity contribution in [2.75, 3.05) is 5.32 Å². The molecular weight excluding hydrogens is 250 g/mol. The number of hydrogen-bond acceptors (Lipinski definition) is 2. The number of amides is 1. The molecule has 92 valence electrons. The first-order valence-corrected chi connectivity index (χ1v) is 5.73. The normalized spacial score (nSPS) is 10.1. The lowest BCUT2D eigenvalue weighted by atomic mass is 10.3. The SMILES string of the molecule is C=CC(=O)Nc1nn(-c2ccc(Cl)cc2)cc1C. The Bertz CT molecular complexity index is 587. The van der Waals surface area contributed by atoms with E-state index >= 15 is 0 Å². The van der Waals surface area contributed by atoms with Crippen LogP contribution in [0.3, 0.4) is 0 Å². The number of rotatable bonds is 3. The molecule has 0 radical (unpaired) electrons. The van der Waals surface area contributed by atoms with E-state index in [2.05, 4.69) is 17.0 Å². The second-order valence-electron chi connectivity index (χ2n) is 3.78. The fourth-order valence-corrected chi connectivity index (χ4v) is 1.60. The molecule has 4 nitrogen and oxygen atoms in total. The van der Waals surface area contributed by atoms with E-state index in [9.17, 15) is 4.79 Å². The van der Waals surface area contributed by atoms with E-state index < -0.39 is 0 Å². The lowest BCUT2D eigenvalue weighted by Gasteiger charge is -2.01. The maximum atomic E-state index is 11.2. The largest absolute Gasteiger partial charge is 0.305 e. The highest BCUT2D eigenvalue weighted by Gasteiger charge is 2.08. The van der Waals surface area contributed by atoms with E-state index in [0.29, 0.717) is 10.8 Å². The van der Waals surface area contributed by atoms with Crippen molar-refractivity contribution < 1.29 is 4.79 Å². The first kappa shape index (κ1) is 12.4. The fraction of sp³-hybridized carbons (Fsp3) is 0.0769. The maximum Gasteiger partial charge on any atom is 0.248 e. The highest BCUT2D eigenvalue weighted by molar-refractivity contribution is 6.30. The van der Waals surface area contributed by atoms with Gasteiger partial charge in [-0.1, -0.05) is 18.2 Å². The van der Waals surface area contributed by atoms with Crippen LogP contribution >= 0.6 is 11.6 Å². The standard InChI is InChI=1S/C13H12ClN3O/c1-3-12(18)15-13-9(2)8-17(16-13)11-6-4-10(14)5-7-11/h3-8H,1H2,2H3,(H,15,16,18). The molecule has 0 saturated heterocycles. The molecule has 1 amide bonds. The van der Waals surface area contributed by atoms with Crippen LogP contribution in [0.25, 0.3) is 5.69 Å². The number of anilines is 1. The molecule has 0 saturated carbocycles. The van der Waals surface area contributed by atoms with Gasteiger partial charge in [-0.2, -0.15) is 0 Å². The molecule has 0 aliphatic carbocycles. The Morgan fingerprint density at radius 3 is 2.72 bits per heavy atom. The van der Waals surface area contributed by atoms with Gasteiger partial charge in [0, 0.05) is 16.8 Å². The molecule has 1 aromatic carbocycles. The monoisotopic (exact) mass is 261 g/mol. The van der Waals surface area contributed by atoms with Crippen LogP contribution in [0.2, 0.25) is 5.02 Å². The minimum absolute atomic E-state index is 0.278. The van der Waals surface area contributed by atoms with Crippen molar-refractivity contribution in [1.29, 1.82) is 0 Å². The number of benzene rings is 1. The van der Waals surface area contributed by atoms with Crippen LogP contribution in [0.15, 0.2) is 43.1 Å². The topological polar surface area (TPSA) is 46.9 Å². The summed E-state index contributed by atoms with van der Waals surface area (Å²) in [6.07, 6.45) is 3.04. The number of carbonyl (C=O) groups excluding carboxylic acids is 1. The van der Waals surface area contributed by atoms with Gasteiger partial charge in [-0.15, -0.1) is 5.10 Å². The number of hydrogen-bond donors (Lipinski definition) is 1. The summed E-state index contributed by atoms with van der Waals surface area (Å²) in [5.41, 5.74) is 1.75. The van der Waals surface area contributed by atoms with Gasteiger partial charge in [0.2, 0.25) is 5.91 Å². The van der Waals surface area contributed by atoms with Gasteiger partial charge < -0.3 is 5.32 Å². The van der Waals surface area contributed by atoms with Gasteiger partial charge in [-0.05, 0) is 37.3 Å². The number of halogens is 1. The molecule has 18 heavy (non-hydrogen) atoms. The summed E-state index contributed by atoms with van der Waals surface area (Å²) >= 11 is 5.83. The highest BCUT2D eigenvalue weighted by Crippen LogP contribution is 2.17. The number of nitrogens with one attached hydrogen (secondary N) is 1. The second-order valence-corrected chi connectivity index (χ2v) is 4.21. The zero-order valence-corrected chi connectivity index (χ0v) is 10.6. The number of carbonyl (C=O) groups is 1. The molecule has 5 heteroatoms. The van der Waals surface area contributed by atoms with Crippen LogP contribution in [-0.4, -0.2) is 15.7 Å². The Hall–Kier alpha value is -2.07. The predicted molar refractivity (Wildman–Crippen MR) is 72.1 cm³/mol. The molecule has 2 aromatic rings. The summed E-state index contributed by atoms with van der Waals surface area (Å²) in [4.78, 5) is 11.2. The van der Waals surface area contributed by atoms with Crippen LogP contribution in [0, 0.1) is 6.92 Å². The molecule has 0 unspecified atom stereocenters. The van der Waals surface area contributed by atoms with Crippen LogP contribution in [0.4, 0.5) is 5.82 Å². The Morgan fingerprint density at radius 2 is 2.11 bits per heavy atom. The zero-order chi connectivity index (χ0) is 13.1. The first-order valence-electron chi connectivity index (χ1n) is 5.36. The van der Waals surface area contributed by atoms with Crippen LogP contribution in [-0.2, 0) is 4.79 Å². The summed E-state index contributed by atoms with van der Waals surface area (Å²) in [6.45, 7) is 5.27. The fourth-order valence-electron chi connectivity index (χ4n) is 1.48. The maximum absolute atomic E-state index is 11.2. The number of aryl methyl sites for hydroxylation is 1. The van der Waals surface area contributed by atoms with Crippen molar-refractivity contribution in [1.82, 2.24) is 9.78 Å². The smallest absolute Gasteiger partial charge is 0.248 e. The van der Waals surface area contributed by atoms with Crippen LogP contribution in [0.1, 0.15) is 5.56 Å². The number of aromatic nitrogens is 2. The number of nitrogens with zero attached hydrogens (tertiary/aromatic N) is 2. The second kappa shape index (κ2) is 5.06. The highest BCUT2D eigenvalue weighted by atomic mass is 35.5. The Morgan fingerprint density at radius 1 is 1.44 bits per heavy atom. The summed E-state index contributed by atoms with van der Waals surface area (Å²) in [6, 6.07) is 7.29. The molecule has 1 heterocycles. The molecule has 0 spiro atoms. The van der Waals surface area contributed by atoms with E-state index in [1.165, 1.54) is 6.08 Å². The van der Waals surface area contributed by atoms with E-state index in [-0.39, 0.29) is 5.91 Å². The van der Waals surface area contributed by atoms with E-state index in [0.717, 1.165) is 11.3 Å². The molecule has 2 rings (SSSR count). The first-order chi connectivity index (χ1) is 8.60. The lowest BCUT2D eigenvalue weighted by molar-refractivity contribution is -0.111. The van der Waals surface area contributed by atoms with E-state index in [1.54, 1.807) is 16.8 Å². The minimum Gasteiger partial charge on any atom is -0.305 e. The zero-order valence-electron chi connectivity index (χ0n) is 9.85. The molecular formula is C13H12ClN3O. The quantitative estimate of drug-likeness (QED) is 0.864. The third-order valence-electron chi connectivity index (χ3n) is 2.42. The van der Waals surface area contributed by atoms with Gasteiger partial charge >= 0.3 is 0 Å². The van der Waals surface area contributed by atoms with Gasteiger partial charge in [0.15, 0.2) is 5.82 Å². The molecule has 1 N–H and O–H groups in total. The summed E-state index contributed by atoms with van der Waals surface area (Å²) in [5, 5.41) is 7.61. The van der Waals surface area contributed by atoms with Gasteiger partial charge in [0.25, 0.3) is 0 Å². The average molecular weight is 262 g/mol. The van der Waals surface area contributed by atoms with Crippen LogP contribution < -0.4 is 5.32 Å². The van der Waals surface area contributed by atoms with Crippen molar-refractivity contribution in [3.05, 3.63) is 53.7 Å². The van der Waals surface area contributed by atoms with Crippen molar-refractivity contribution in [2.24, 2.45) is 0 Å². The third-order valence-corrected chi connectivity index (χ3v) is 2.67. The third kappa shape index (κ3) is 2.60. The van der Waals surface area contributed by atoms with Gasteiger partial charge in [0.1, 0.15) is 0 Å². The van der Waals surface area contributed by atoms with Crippen molar-refractivity contribution in [2.45, 2.75) is 6.92 Å².